The van der Waals surface area contributed by atoms with Crippen LogP contribution in [0.25, 0.3) is 0 Å². The molecule has 1 aromatic heterocycles. The number of rotatable bonds is 1. The molecular formula is C12H10ClNO2. The minimum atomic E-state index is -0.144. The lowest BCUT2D eigenvalue weighted by Gasteiger charge is -2.12. The van der Waals surface area contributed by atoms with Gasteiger partial charge in [0.05, 0.1) is 12.2 Å². The molecule has 1 aliphatic heterocycles. The first-order valence-electron chi connectivity index (χ1n) is 5.08. The molecule has 4 heteroatoms. The van der Waals surface area contributed by atoms with E-state index in [1.807, 2.05) is 31.2 Å². The standard InChI is InChI=1S/C12H10ClNO2/c1-7-11-10(14-16-7)6-15-12(11)8-4-2-3-5-9(8)13/h2-5,12H,6H2,1H3. The van der Waals surface area contributed by atoms with Crippen molar-refractivity contribution in [2.75, 3.05) is 0 Å². The molecule has 0 saturated heterocycles. The molecule has 0 spiro atoms. The Kier molecular flexibility index (Phi) is 2.23. The zero-order valence-corrected chi connectivity index (χ0v) is 9.49. The summed E-state index contributed by atoms with van der Waals surface area (Å²) < 4.78 is 10.9. The van der Waals surface area contributed by atoms with E-state index in [0.29, 0.717) is 11.6 Å². The molecular weight excluding hydrogens is 226 g/mol. The summed E-state index contributed by atoms with van der Waals surface area (Å²) in [4.78, 5) is 0. The van der Waals surface area contributed by atoms with Gasteiger partial charge in [-0.3, -0.25) is 0 Å². The Hall–Kier alpha value is -1.32. The summed E-state index contributed by atoms with van der Waals surface area (Å²) in [5.74, 6) is 0.803. The molecule has 0 saturated carbocycles. The van der Waals surface area contributed by atoms with Crippen molar-refractivity contribution in [3.63, 3.8) is 0 Å². The number of ether oxygens (including phenoxy) is 1. The van der Waals surface area contributed by atoms with E-state index in [0.717, 1.165) is 22.6 Å². The largest absolute Gasteiger partial charge is 0.362 e. The third-order valence-electron chi connectivity index (χ3n) is 2.82. The fraction of sp³-hybridized carbons (Fsp3) is 0.250. The van der Waals surface area contributed by atoms with Crippen LogP contribution in [0.3, 0.4) is 0 Å². The molecule has 3 rings (SSSR count). The van der Waals surface area contributed by atoms with Crippen LogP contribution in [0.1, 0.15) is 28.7 Å². The maximum absolute atomic E-state index is 6.16. The lowest BCUT2D eigenvalue weighted by molar-refractivity contribution is 0.0865. The number of aryl methyl sites for hydroxylation is 1. The van der Waals surface area contributed by atoms with Crippen LogP contribution in [-0.2, 0) is 11.3 Å². The highest BCUT2D eigenvalue weighted by Gasteiger charge is 2.31. The Morgan fingerprint density at radius 2 is 2.19 bits per heavy atom. The number of hydrogen-bond donors (Lipinski definition) is 0. The number of aromatic nitrogens is 1. The van der Waals surface area contributed by atoms with Gasteiger partial charge >= 0.3 is 0 Å². The zero-order chi connectivity index (χ0) is 11.1. The molecule has 1 atom stereocenters. The Labute approximate surface area is 98.0 Å². The first-order chi connectivity index (χ1) is 7.77. The van der Waals surface area contributed by atoms with Crippen molar-refractivity contribution in [1.29, 1.82) is 0 Å². The van der Waals surface area contributed by atoms with Crippen LogP contribution in [-0.4, -0.2) is 5.16 Å². The van der Waals surface area contributed by atoms with Crippen molar-refractivity contribution in [3.05, 3.63) is 51.9 Å². The molecule has 2 heterocycles. The predicted molar refractivity (Wildman–Crippen MR) is 59.3 cm³/mol. The van der Waals surface area contributed by atoms with Gasteiger partial charge in [0.1, 0.15) is 17.6 Å². The minimum absolute atomic E-state index is 0.144. The van der Waals surface area contributed by atoms with Crippen LogP contribution < -0.4 is 0 Å². The van der Waals surface area contributed by atoms with Gasteiger partial charge < -0.3 is 9.26 Å². The molecule has 0 fully saturated rings. The number of benzene rings is 1. The number of halogens is 1. The second-order valence-electron chi connectivity index (χ2n) is 3.81. The van der Waals surface area contributed by atoms with Crippen LogP contribution in [0.4, 0.5) is 0 Å². The Morgan fingerprint density at radius 3 is 3.00 bits per heavy atom. The van der Waals surface area contributed by atoms with Crippen molar-refractivity contribution >= 4 is 11.6 Å². The maximum Gasteiger partial charge on any atom is 0.140 e. The van der Waals surface area contributed by atoms with E-state index in [4.69, 9.17) is 20.9 Å². The molecule has 0 bridgehead atoms. The summed E-state index contributed by atoms with van der Waals surface area (Å²) in [6.45, 7) is 2.38. The first kappa shape index (κ1) is 9.87. The maximum atomic E-state index is 6.16. The van der Waals surface area contributed by atoms with Crippen LogP contribution >= 0.6 is 11.6 Å². The summed E-state index contributed by atoms with van der Waals surface area (Å²) in [7, 11) is 0. The van der Waals surface area contributed by atoms with E-state index in [-0.39, 0.29) is 6.10 Å². The summed E-state index contributed by atoms with van der Waals surface area (Å²) in [6.07, 6.45) is -0.144. The number of fused-ring (bicyclic) bond motifs is 1. The Bertz CT molecular complexity index is 536. The normalized spacial score (nSPS) is 18.8. The van der Waals surface area contributed by atoms with Crippen molar-refractivity contribution in [1.82, 2.24) is 5.16 Å². The molecule has 3 nitrogen and oxygen atoms in total. The van der Waals surface area contributed by atoms with Crippen LogP contribution in [0.5, 0.6) is 0 Å². The smallest absolute Gasteiger partial charge is 0.140 e. The third-order valence-corrected chi connectivity index (χ3v) is 3.16. The van der Waals surface area contributed by atoms with E-state index >= 15 is 0 Å². The van der Waals surface area contributed by atoms with Gasteiger partial charge in [0.25, 0.3) is 0 Å². The van der Waals surface area contributed by atoms with E-state index in [1.54, 1.807) is 0 Å². The summed E-state index contributed by atoms with van der Waals surface area (Å²) >= 11 is 6.16. The first-order valence-corrected chi connectivity index (χ1v) is 5.46. The molecule has 1 aromatic carbocycles. The monoisotopic (exact) mass is 235 g/mol. The van der Waals surface area contributed by atoms with Gasteiger partial charge in [0.2, 0.25) is 0 Å². The lowest BCUT2D eigenvalue weighted by Crippen LogP contribution is -2.00. The second kappa shape index (κ2) is 3.61. The quantitative estimate of drug-likeness (QED) is 0.761. The Balaban J connectivity index is 2.11. The fourth-order valence-electron chi connectivity index (χ4n) is 2.04. The van der Waals surface area contributed by atoms with E-state index in [2.05, 4.69) is 5.16 Å². The highest BCUT2D eigenvalue weighted by molar-refractivity contribution is 6.31. The van der Waals surface area contributed by atoms with E-state index < -0.39 is 0 Å². The molecule has 1 unspecified atom stereocenters. The van der Waals surface area contributed by atoms with Gasteiger partial charge in [-0.05, 0) is 13.0 Å². The predicted octanol–water partition coefficient (Wildman–Crippen LogP) is 3.26. The van der Waals surface area contributed by atoms with Crippen molar-refractivity contribution in [2.45, 2.75) is 19.6 Å². The Morgan fingerprint density at radius 1 is 1.38 bits per heavy atom. The SMILES string of the molecule is Cc1onc2c1C(c1ccccc1Cl)OC2. The van der Waals surface area contributed by atoms with Crippen molar-refractivity contribution in [2.24, 2.45) is 0 Å². The highest BCUT2D eigenvalue weighted by atomic mass is 35.5. The van der Waals surface area contributed by atoms with E-state index in [1.165, 1.54) is 0 Å². The number of hydrogen-bond acceptors (Lipinski definition) is 3. The van der Waals surface area contributed by atoms with Gasteiger partial charge in [-0.15, -0.1) is 0 Å². The molecule has 0 amide bonds. The number of nitrogens with zero attached hydrogens (tertiary/aromatic N) is 1. The fourth-order valence-corrected chi connectivity index (χ4v) is 2.28. The molecule has 0 radical (unpaired) electrons. The highest BCUT2D eigenvalue weighted by Crippen LogP contribution is 2.39. The molecule has 0 N–H and O–H groups in total. The van der Waals surface area contributed by atoms with Crippen molar-refractivity contribution < 1.29 is 9.26 Å². The average Bonchev–Trinajstić information content (AvgIpc) is 2.83. The van der Waals surface area contributed by atoms with Gasteiger partial charge in [-0.2, -0.15) is 0 Å². The van der Waals surface area contributed by atoms with Crippen LogP contribution in [0.2, 0.25) is 5.02 Å². The zero-order valence-electron chi connectivity index (χ0n) is 8.74. The molecule has 0 aliphatic carbocycles. The van der Waals surface area contributed by atoms with Gasteiger partial charge in [-0.25, -0.2) is 0 Å². The molecule has 82 valence electrons. The van der Waals surface area contributed by atoms with Crippen LogP contribution in [0.15, 0.2) is 28.8 Å². The van der Waals surface area contributed by atoms with Gasteiger partial charge in [0, 0.05) is 10.6 Å². The molecule has 1 aliphatic rings. The lowest BCUT2D eigenvalue weighted by atomic mass is 10.0. The molecule has 16 heavy (non-hydrogen) atoms. The average molecular weight is 236 g/mol. The molecule has 2 aromatic rings. The van der Waals surface area contributed by atoms with Crippen LogP contribution in [0, 0.1) is 6.92 Å². The minimum Gasteiger partial charge on any atom is -0.362 e. The summed E-state index contributed by atoms with van der Waals surface area (Å²) in [5, 5.41) is 4.67. The van der Waals surface area contributed by atoms with E-state index in [9.17, 15) is 0 Å². The summed E-state index contributed by atoms with van der Waals surface area (Å²) in [6, 6.07) is 7.68. The third kappa shape index (κ3) is 1.36. The topological polar surface area (TPSA) is 35.3 Å². The summed E-state index contributed by atoms with van der Waals surface area (Å²) in [5.41, 5.74) is 2.87. The van der Waals surface area contributed by atoms with Gasteiger partial charge in [-0.1, -0.05) is 35.0 Å². The second-order valence-corrected chi connectivity index (χ2v) is 4.22. The van der Waals surface area contributed by atoms with Gasteiger partial charge in [0.15, 0.2) is 0 Å². The van der Waals surface area contributed by atoms with Crippen molar-refractivity contribution in [3.8, 4) is 0 Å².